The Morgan fingerprint density at radius 1 is 1.64 bits per heavy atom. The molecule has 0 aliphatic carbocycles. The van der Waals surface area contributed by atoms with Crippen molar-refractivity contribution in [1.29, 1.82) is 0 Å². The van der Waals surface area contributed by atoms with Gasteiger partial charge in [0, 0.05) is 36.7 Å². The van der Waals surface area contributed by atoms with Gasteiger partial charge in [-0.2, -0.15) is 0 Å². The molecule has 0 aromatic carbocycles. The smallest absolute Gasteiger partial charge is 0.162 e. The zero-order valence-electron chi connectivity index (χ0n) is 8.19. The fraction of sp³-hybridized carbons (Fsp3) is 0.400. The number of ether oxygens (including phenoxy) is 1. The zero-order valence-corrected chi connectivity index (χ0v) is 8.19. The minimum Gasteiger partial charge on any atom is -0.398 e. The molecule has 0 saturated carbocycles. The largest absolute Gasteiger partial charge is 0.398 e. The van der Waals surface area contributed by atoms with Crippen LogP contribution in [-0.2, 0) is 16.0 Å². The molecule has 1 heterocycles. The maximum atomic E-state index is 11.3. The number of nitrogens with two attached hydrogens (primary N) is 1. The summed E-state index contributed by atoms with van der Waals surface area (Å²) in [6.45, 7) is 2.55. The van der Waals surface area contributed by atoms with Gasteiger partial charge in [0.05, 0.1) is 0 Å². The first-order valence-electron chi connectivity index (χ1n) is 4.51. The standard InChI is InChI=1S/C10H14N2O2/c1-2-14-7-9(13)5-8-6-12-4-3-10(8)11/h3-4,6H,2,5,7H2,1H3,(H2,11,12). The van der Waals surface area contributed by atoms with Crippen LogP contribution in [0.25, 0.3) is 0 Å². The lowest BCUT2D eigenvalue weighted by molar-refractivity contribution is -0.122. The third kappa shape index (κ3) is 3.14. The molecule has 4 nitrogen and oxygen atoms in total. The summed E-state index contributed by atoms with van der Waals surface area (Å²) < 4.78 is 5.00. The number of carbonyl (C=O) groups is 1. The zero-order chi connectivity index (χ0) is 10.4. The number of nitrogens with zero attached hydrogens (tertiary/aromatic N) is 1. The SMILES string of the molecule is CCOCC(=O)Cc1cnccc1N. The number of pyridine rings is 1. The quantitative estimate of drug-likeness (QED) is 0.753. The Hall–Kier alpha value is -1.42. The maximum Gasteiger partial charge on any atom is 0.162 e. The fourth-order valence-corrected chi connectivity index (χ4v) is 1.06. The molecular formula is C10H14N2O2. The van der Waals surface area contributed by atoms with Crippen LogP contribution in [-0.4, -0.2) is 24.0 Å². The predicted octanol–water partition coefficient (Wildman–Crippen LogP) is 0.812. The molecule has 2 N–H and O–H groups in total. The number of ketones is 1. The molecule has 0 aliphatic rings. The van der Waals surface area contributed by atoms with Crippen LogP contribution in [0.2, 0.25) is 0 Å². The number of aromatic nitrogens is 1. The molecule has 0 atom stereocenters. The molecule has 0 amide bonds. The van der Waals surface area contributed by atoms with Crippen molar-refractivity contribution in [3.05, 3.63) is 24.0 Å². The summed E-state index contributed by atoms with van der Waals surface area (Å²) in [6.07, 6.45) is 3.50. The van der Waals surface area contributed by atoms with E-state index < -0.39 is 0 Å². The monoisotopic (exact) mass is 194 g/mol. The average Bonchev–Trinajstić information content (AvgIpc) is 2.18. The first kappa shape index (κ1) is 10.7. The third-order valence-electron chi connectivity index (χ3n) is 1.80. The van der Waals surface area contributed by atoms with Gasteiger partial charge in [-0.15, -0.1) is 0 Å². The highest BCUT2D eigenvalue weighted by Crippen LogP contribution is 2.09. The molecule has 0 fully saturated rings. The molecule has 1 aromatic heterocycles. The summed E-state index contributed by atoms with van der Waals surface area (Å²) >= 11 is 0. The second kappa shape index (κ2) is 5.34. The van der Waals surface area contributed by atoms with Crippen molar-refractivity contribution in [2.45, 2.75) is 13.3 Å². The van der Waals surface area contributed by atoms with Gasteiger partial charge < -0.3 is 10.5 Å². The minimum absolute atomic E-state index is 0.0200. The topological polar surface area (TPSA) is 65.2 Å². The van der Waals surface area contributed by atoms with Crippen LogP contribution >= 0.6 is 0 Å². The van der Waals surface area contributed by atoms with Gasteiger partial charge in [0.1, 0.15) is 6.61 Å². The first-order valence-corrected chi connectivity index (χ1v) is 4.51. The van der Waals surface area contributed by atoms with Crippen LogP contribution in [0.1, 0.15) is 12.5 Å². The van der Waals surface area contributed by atoms with Gasteiger partial charge in [0.2, 0.25) is 0 Å². The first-order chi connectivity index (χ1) is 6.74. The molecule has 1 aromatic rings. The number of anilines is 1. The Bertz CT molecular complexity index is 313. The average molecular weight is 194 g/mol. The molecule has 4 heteroatoms. The normalized spacial score (nSPS) is 10.1. The van der Waals surface area contributed by atoms with E-state index >= 15 is 0 Å². The molecule has 76 valence electrons. The van der Waals surface area contributed by atoms with Crippen molar-refractivity contribution < 1.29 is 9.53 Å². The van der Waals surface area contributed by atoms with Crippen molar-refractivity contribution in [3.63, 3.8) is 0 Å². The van der Waals surface area contributed by atoms with E-state index in [0.29, 0.717) is 18.7 Å². The van der Waals surface area contributed by atoms with Crippen molar-refractivity contribution in [3.8, 4) is 0 Å². The highest BCUT2D eigenvalue weighted by Gasteiger charge is 2.06. The number of hydrogen-bond donors (Lipinski definition) is 1. The molecule has 0 radical (unpaired) electrons. The Morgan fingerprint density at radius 3 is 3.07 bits per heavy atom. The van der Waals surface area contributed by atoms with Crippen LogP contribution in [0.3, 0.4) is 0 Å². The number of rotatable bonds is 5. The van der Waals surface area contributed by atoms with E-state index in [0.717, 1.165) is 5.56 Å². The summed E-state index contributed by atoms with van der Waals surface area (Å²) in [4.78, 5) is 15.2. The van der Waals surface area contributed by atoms with Gasteiger partial charge in [-0.3, -0.25) is 9.78 Å². The van der Waals surface area contributed by atoms with E-state index in [2.05, 4.69) is 4.98 Å². The summed E-state index contributed by atoms with van der Waals surface area (Å²) in [5, 5.41) is 0. The Kier molecular flexibility index (Phi) is 4.07. The van der Waals surface area contributed by atoms with Crippen LogP contribution in [0.15, 0.2) is 18.5 Å². The molecule has 0 aliphatic heterocycles. The fourth-order valence-electron chi connectivity index (χ4n) is 1.06. The summed E-state index contributed by atoms with van der Waals surface area (Å²) in [7, 11) is 0. The van der Waals surface area contributed by atoms with Gasteiger partial charge in [0.15, 0.2) is 5.78 Å². The van der Waals surface area contributed by atoms with E-state index in [1.54, 1.807) is 18.5 Å². The Morgan fingerprint density at radius 2 is 2.43 bits per heavy atom. The number of hydrogen-bond acceptors (Lipinski definition) is 4. The van der Waals surface area contributed by atoms with Crippen LogP contribution in [0.5, 0.6) is 0 Å². The molecule has 0 saturated heterocycles. The van der Waals surface area contributed by atoms with Gasteiger partial charge in [-0.1, -0.05) is 0 Å². The van der Waals surface area contributed by atoms with E-state index in [-0.39, 0.29) is 12.4 Å². The molecule has 0 unspecified atom stereocenters. The van der Waals surface area contributed by atoms with Crippen LogP contribution in [0.4, 0.5) is 5.69 Å². The van der Waals surface area contributed by atoms with E-state index in [1.165, 1.54) is 0 Å². The highest BCUT2D eigenvalue weighted by molar-refractivity contribution is 5.83. The molecule has 14 heavy (non-hydrogen) atoms. The van der Waals surface area contributed by atoms with Gasteiger partial charge in [-0.25, -0.2) is 0 Å². The molecule has 0 bridgehead atoms. The van der Waals surface area contributed by atoms with E-state index in [4.69, 9.17) is 10.5 Å². The van der Waals surface area contributed by atoms with Crippen molar-refractivity contribution >= 4 is 11.5 Å². The predicted molar refractivity (Wildman–Crippen MR) is 53.9 cm³/mol. The van der Waals surface area contributed by atoms with Gasteiger partial charge in [0.25, 0.3) is 0 Å². The summed E-state index contributed by atoms with van der Waals surface area (Å²) in [5.41, 5.74) is 7.03. The van der Waals surface area contributed by atoms with Crippen molar-refractivity contribution in [2.75, 3.05) is 18.9 Å². The van der Waals surface area contributed by atoms with Gasteiger partial charge >= 0.3 is 0 Å². The highest BCUT2D eigenvalue weighted by atomic mass is 16.5. The minimum atomic E-state index is 0.0200. The van der Waals surface area contributed by atoms with Gasteiger partial charge in [-0.05, 0) is 13.0 Å². The number of carbonyl (C=O) groups excluding carboxylic acids is 1. The molecule has 1 rings (SSSR count). The lowest BCUT2D eigenvalue weighted by Crippen LogP contribution is -2.12. The van der Waals surface area contributed by atoms with E-state index in [1.807, 2.05) is 6.92 Å². The van der Waals surface area contributed by atoms with Crippen LogP contribution in [0, 0.1) is 0 Å². The Labute approximate surface area is 83.1 Å². The second-order valence-electron chi connectivity index (χ2n) is 2.93. The van der Waals surface area contributed by atoms with Crippen molar-refractivity contribution in [1.82, 2.24) is 4.98 Å². The summed E-state index contributed by atoms with van der Waals surface area (Å²) in [5.74, 6) is 0.0200. The molecule has 0 spiro atoms. The lowest BCUT2D eigenvalue weighted by Gasteiger charge is -2.03. The lowest BCUT2D eigenvalue weighted by atomic mass is 10.1. The Balaban J connectivity index is 2.52. The van der Waals surface area contributed by atoms with Crippen LogP contribution < -0.4 is 5.73 Å². The maximum absolute atomic E-state index is 11.3. The molecular weight excluding hydrogens is 180 g/mol. The van der Waals surface area contributed by atoms with Crippen molar-refractivity contribution in [2.24, 2.45) is 0 Å². The number of nitrogen functional groups attached to an aromatic ring is 1. The summed E-state index contributed by atoms with van der Waals surface area (Å²) in [6, 6.07) is 1.68. The van der Waals surface area contributed by atoms with E-state index in [9.17, 15) is 4.79 Å². The third-order valence-corrected chi connectivity index (χ3v) is 1.80. The second-order valence-corrected chi connectivity index (χ2v) is 2.93. The number of Topliss-reactive ketones (excluding diaryl/α,β-unsaturated/α-hetero) is 1.